The Morgan fingerprint density at radius 1 is 1.20 bits per heavy atom. The second kappa shape index (κ2) is 9.67. The van der Waals surface area contributed by atoms with Gasteiger partial charge in [-0.25, -0.2) is 0 Å². The lowest BCUT2D eigenvalue weighted by molar-refractivity contribution is -0.139. The molecule has 0 radical (unpaired) electrons. The predicted molar refractivity (Wildman–Crippen MR) is 109 cm³/mol. The van der Waals surface area contributed by atoms with Crippen LogP contribution in [0, 0.1) is 11.3 Å². The monoisotopic (exact) mass is 406 g/mol. The molecule has 0 unspecified atom stereocenters. The first kappa shape index (κ1) is 21.0. The van der Waals surface area contributed by atoms with Crippen molar-refractivity contribution in [2.75, 3.05) is 13.7 Å². The zero-order chi connectivity index (χ0) is 21.5. The zero-order valence-electron chi connectivity index (χ0n) is 17.0. The third kappa shape index (κ3) is 5.21. The first-order chi connectivity index (χ1) is 14.5. The van der Waals surface area contributed by atoms with Crippen molar-refractivity contribution >= 4 is 5.97 Å². The molecule has 0 atom stereocenters. The van der Waals surface area contributed by atoms with Gasteiger partial charge in [-0.2, -0.15) is 10.2 Å². The molecule has 8 nitrogen and oxygen atoms in total. The summed E-state index contributed by atoms with van der Waals surface area (Å²) in [5, 5.41) is 16.4. The van der Waals surface area contributed by atoms with Crippen LogP contribution in [-0.2, 0) is 16.1 Å². The molecule has 1 heterocycles. The van der Waals surface area contributed by atoms with E-state index in [1.165, 1.54) is 7.11 Å². The van der Waals surface area contributed by atoms with E-state index in [9.17, 15) is 10.1 Å². The van der Waals surface area contributed by atoms with Gasteiger partial charge in [-0.1, -0.05) is 29.4 Å². The lowest BCUT2D eigenvalue weighted by atomic mass is 10.1. The molecule has 0 saturated heterocycles. The number of hydrogen-bond donors (Lipinski definition) is 1. The molecule has 2 aromatic carbocycles. The highest BCUT2D eigenvalue weighted by molar-refractivity contribution is 5.71. The van der Waals surface area contributed by atoms with Crippen molar-refractivity contribution in [1.82, 2.24) is 15.5 Å². The van der Waals surface area contributed by atoms with E-state index in [1.54, 1.807) is 18.2 Å². The number of hydrogen-bond acceptors (Lipinski definition) is 8. The summed E-state index contributed by atoms with van der Waals surface area (Å²) in [5.41, 5.74) is 2.85. The summed E-state index contributed by atoms with van der Waals surface area (Å²) >= 11 is 0. The summed E-state index contributed by atoms with van der Waals surface area (Å²) in [6.45, 7) is 4.49. The molecule has 1 N–H and O–H groups in total. The lowest BCUT2D eigenvalue weighted by Crippen LogP contribution is -2.23. The fourth-order valence-electron chi connectivity index (χ4n) is 2.72. The summed E-state index contributed by atoms with van der Waals surface area (Å²) in [7, 11) is 1.35. The van der Waals surface area contributed by atoms with E-state index in [4.69, 9.17) is 9.26 Å². The highest BCUT2D eigenvalue weighted by Crippen LogP contribution is 2.27. The van der Waals surface area contributed by atoms with Gasteiger partial charge in [-0.3, -0.25) is 4.79 Å². The molecule has 0 bridgehead atoms. The van der Waals surface area contributed by atoms with E-state index in [2.05, 4.69) is 26.3 Å². The van der Waals surface area contributed by atoms with Gasteiger partial charge < -0.3 is 19.3 Å². The van der Waals surface area contributed by atoms with Crippen molar-refractivity contribution in [1.29, 1.82) is 5.26 Å². The van der Waals surface area contributed by atoms with Gasteiger partial charge in [0, 0.05) is 17.7 Å². The summed E-state index contributed by atoms with van der Waals surface area (Å²) in [6, 6.07) is 14.9. The van der Waals surface area contributed by atoms with Crippen molar-refractivity contribution in [3.63, 3.8) is 0 Å². The van der Waals surface area contributed by atoms with Crippen molar-refractivity contribution in [3.8, 4) is 34.7 Å². The minimum atomic E-state index is -0.311. The van der Waals surface area contributed by atoms with Crippen LogP contribution in [0.25, 0.3) is 22.8 Å². The van der Waals surface area contributed by atoms with Gasteiger partial charge in [-0.05, 0) is 37.6 Å². The van der Waals surface area contributed by atoms with Gasteiger partial charge in [0.1, 0.15) is 11.8 Å². The smallest absolute Gasteiger partial charge is 0.319 e. The quantitative estimate of drug-likeness (QED) is 0.567. The van der Waals surface area contributed by atoms with Crippen molar-refractivity contribution in [2.24, 2.45) is 0 Å². The number of benzene rings is 2. The Kier molecular flexibility index (Phi) is 6.78. The van der Waals surface area contributed by atoms with E-state index in [1.807, 2.05) is 38.1 Å². The number of methoxy groups -OCH3 is 1. The van der Waals surface area contributed by atoms with Crippen molar-refractivity contribution in [2.45, 2.75) is 26.5 Å². The second-order valence-electron chi connectivity index (χ2n) is 6.79. The van der Waals surface area contributed by atoms with Crippen LogP contribution in [0.15, 0.2) is 47.0 Å². The summed E-state index contributed by atoms with van der Waals surface area (Å²) < 4.78 is 15.6. The van der Waals surface area contributed by atoms with Gasteiger partial charge in [-0.15, -0.1) is 0 Å². The highest BCUT2D eigenvalue weighted by Gasteiger charge is 2.14. The average Bonchev–Trinajstić information content (AvgIpc) is 3.24. The summed E-state index contributed by atoms with van der Waals surface area (Å²) in [4.78, 5) is 15.6. The Labute approximate surface area is 174 Å². The summed E-state index contributed by atoms with van der Waals surface area (Å²) in [6.07, 6.45) is -0.0309. The largest absolute Gasteiger partial charge is 0.490 e. The molecule has 0 spiro atoms. The second-order valence-corrected chi connectivity index (χ2v) is 6.79. The van der Waals surface area contributed by atoms with Crippen LogP contribution in [0.3, 0.4) is 0 Å². The Morgan fingerprint density at radius 3 is 2.60 bits per heavy atom. The average molecular weight is 406 g/mol. The van der Waals surface area contributed by atoms with E-state index in [-0.39, 0.29) is 18.6 Å². The van der Waals surface area contributed by atoms with Crippen LogP contribution in [0.2, 0.25) is 0 Å². The fourth-order valence-corrected chi connectivity index (χ4v) is 2.72. The van der Waals surface area contributed by atoms with Crippen LogP contribution >= 0.6 is 0 Å². The number of carbonyl (C=O) groups is 1. The first-order valence-corrected chi connectivity index (χ1v) is 9.42. The minimum absolute atomic E-state index is 0.0309. The molecule has 0 aliphatic carbocycles. The van der Waals surface area contributed by atoms with Crippen molar-refractivity contribution < 1.29 is 18.8 Å². The molecule has 3 rings (SSSR count). The number of aromatic nitrogens is 2. The maximum atomic E-state index is 11.1. The van der Waals surface area contributed by atoms with Crippen LogP contribution < -0.4 is 10.1 Å². The maximum absolute atomic E-state index is 11.1. The number of ether oxygens (including phenoxy) is 2. The first-order valence-electron chi connectivity index (χ1n) is 9.42. The highest BCUT2D eigenvalue weighted by atomic mass is 16.5. The van der Waals surface area contributed by atoms with Gasteiger partial charge in [0.2, 0.25) is 5.82 Å². The molecule has 0 amide bonds. The summed E-state index contributed by atoms with van der Waals surface area (Å²) in [5.74, 6) is 0.975. The van der Waals surface area contributed by atoms with E-state index < -0.39 is 0 Å². The van der Waals surface area contributed by atoms with E-state index in [0.29, 0.717) is 35.1 Å². The molecule has 8 heteroatoms. The molecule has 30 heavy (non-hydrogen) atoms. The van der Waals surface area contributed by atoms with Gasteiger partial charge in [0.15, 0.2) is 0 Å². The topological polar surface area (TPSA) is 110 Å². The third-order valence-corrected chi connectivity index (χ3v) is 4.17. The molecular weight excluding hydrogens is 384 g/mol. The van der Waals surface area contributed by atoms with Crippen LogP contribution in [0.5, 0.6) is 5.75 Å². The number of nitrogens with one attached hydrogen (secondary N) is 1. The molecule has 0 aliphatic heterocycles. The number of nitriles is 1. The van der Waals surface area contributed by atoms with Gasteiger partial charge in [0.05, 0.1) is 25.3 Å². The maximum Gasteiger partial charge on any atom is 0.319 e. The molecule has 3 aromatic rings. The molecular formula is C22H22N4O4. The Balaban J connectivity index is 1.72. The number of nitrogens with zero attached hydrogens (tertiary/aromatic N) is 3. The number of carbonyl (C=O) groups excluding carboxylic acids is 1. The lowest BCUT2D eigenvalue weighted by Gasteiger charge is -2.11. The van der Waals surface area contributed by atoms with Gasteiger partial charge >= 0.3 is 5.97 Å². The third-order valence-electron chi connectivity index (χ3n) is 4.17. The van der Waals surface area contributed by atoms with E-state index >= 15 is 0 Å². The standard InChI is InChI=1S/C22H22N4O4/c1-14(2)29-19-9-8-17(10-18(19)11-23)22-25-21(26-30-22)16-6-4-15(5-7-16)12-24-13-20(27)28-3/h4-10,14,24H,12-13H2,1-3H3. The Hall–Kier alpha value is -3.70. The van der Waals surface area contributed by atoms with Crippen LogP contribution in [-0.4, -0.2) is 35.9 Å². The molecule has 0 fully saturated rings. The molecule has 154 valence electrons. The normalized spacial score (nSPS) is 10.6. The minimum Gasteiger partial charge on any atom is -0.490 e. The fraction of sp³-hybridized carbons (Fsp3) is 0.273. The van der Waals surface area contributed by atoms with Gasteiger partial charge in [0.25, 0.3) is 5.89 Å². The van der Waals surface area contributed by atoms with Crippen LogP contribution in [0.1, 0.15) is 25.0 Å². The molecule has 0 aliphatic rings. The Morgan fingerprint density at radius 2 is 1.93 bits per heavy atom. The van der Waals surface area contributed by atoms with Crippen molar-refractivity contribution in [3.05, 3.63) is 53.6 Å². The number of esters is 1. The molecule has 1 aromatic heterocycles. The number of rotatable bonds is 8. The SMILES string of the molecule is COC(=O)CNCc1ccc(-c2noc(-c3ccc(OC(C)C)c(C#N)c3)n2)cc1. The molecule has 0 saturated carbocycles. The Bertz CT molecular complexity index is 1050. The van der Waals surface area contributed by atoms with E-state index in [0.717, 1.165) is 11.1 Å². The zero-order valence-corrected chi connectivity index (χ0v) is 17.0. The predicted octanol–water partition coefficient (Wildman–Crippen LogP) is 3.33. The van der Waals surface area contributed by atoms with Crippen LogP contribution in [0.4, 0.5) is 0 Å².